The van der Waals surface area contributed by atoms with Crippen LogP contribution in [0.3, 0.4) is 0 Å². The highest BCUT2D eigenvalue weighted by Gasteiger charge is 2.75. The molecule has 0 saturated heterocycles. The van der Waals surface area contributed by atoms with Crippen molar-refractivity contribution in [2.75, 3.05) is 6.61 Å². The number of rotatable bonds is 5. The van der Waals surface area contributed by atoms with Crippen LogP contribution >= 0.6 is 0 Å². The fourth-order valence-corrected chi connectivity index (χ4v) is 2.84. The highest BCUT2D eigenvalue weighted by atomic mass is 19.4. The summed E-state index contributed by atoms with van der Waals surface area (Å²) in [6.45, 7) is 4.39. The van der Waals surface area contributed by atoms with Crippen molar-refractivity contribution in [3.63, 3.8) is 0 Å². The molecule has 1 aliphatic rings. The van der Waals surface area contributed by atoms with Crippen LogP contribution in [0.15, 0.2) is 12.3 Å². The number of carbonyl (C=O) groups is 1. The van der Waals surface area contributed by atoms with Gasteiger partial charge in [0.25, 0.3) is 0 Å². The second-order valence-corrected chi connectivity index (χ2v) is 8.29. The molecule has 0 aromatic carbocycles. The van der Waals surface area contributed by atoms with Crippen LogP contribution in [-0.2, 0) is 4.74 Å². The van der Waals surface area contributed by atoms with Crippen LogP contribution in [0, 0.1) is 5.41 Å². The Morgan fingerprint density at radius 3 is 2.30 bits per heavy atom. The Morgan fingerprint density at radius 1 is 1.30 bits per heavy atom. The van der Waals surface area contributed by atoms with E-state index in [0.29, 0.717) is 0 Å². The second-order valence-electron chi connectivity index (χ2n) is 8.29. The number of ether oxygens (including phenoxy) is 2. The van der Waals surface area contributed by atoms with Gasteiger partial charge in [0.2, 0.25) is 5.88 Å². The molecule has 7 nitrogen and oxygen atoms in total. The Morgan fingerprint density at radius 2 is 1.85 bits per heavy atom. The van der Waals surface area contributed by atoms with Crippen molar-refractivity contribution in [3.05, 3.63) is 12.3 Å². The maximum absolute atomic E-state index is 13.3. The predicted octanol–water partition coefficient (Wildman–Crippen LogP) is 0.0310. The first-order chi connectivity index (χ1) is 12.0. The summed E-state index contributed by atoms with van der Waals surface area (Å²) >= 11 is 0. The molecule has 0 bridgehead atoms. The molecule has 1 aliphatic carbocycles. The van der Waals surface area contributed by atoms with Crippen molar-refractivity contribution in [1.29, 1.82) is 0 Å². The van der Waals surface area contributed by atoms with Crippen LogP contribution in [0.2, 0.25) is 0 Å². The third kappa shape index (κ3) is 4.11. The van der Waals surface area contributed by atoms with E-state index in [1.54, 1.807) is 20.8 Å². The first kappa shape index (κ1) is 21.6. The van der Waals surface area contributed by atoms with E-state index < -0.39 is 40.9 Å². The van der Waals surface area contributed by atoms with E-state index in [-0.39, 0.29) is 18.7 Å². The number of halogens is 3. The Kier molecular flexibility index (Phi) is 5.16. The molecule has 1 heterocycles. The summed E-state index contributed by atoms with van der Waals surface area (Å²) in [5, 5.41) is 24.8. The molecule has 12 heteroatoms. The van der Waals surface area contributed by atoms with E-state index in [0.717, 1.165) is 20.4 Å². The van der Waals surface area contributed by atoms with Gasteiger partial charge in [-0.25, -0.2) is 4.79 Å². The summed E-state index contributed by atoms with van der Waals surface area (Å²) in [7, 11) is 2.03. The van der Waals surface area contributed by atoms with Crippen molar-refractivity contribution < 1.29 is 37.7 Å². The summed E-state index contributed by atoms with van der Waals surface area (Å²) in [5.74, 6) is -0.103. The first-order valence-electron chi connectivity index (χ1n) is 8.46. The fourth-order valence-electron chi connectivity index (χ4n) is 2.84. The van der Waals surface area contributed by atoms with E-state index >= 15 is 0 Å². The highest BCUT2D eigenvalue weighted by Crippen LogP contribution is 2.64. The van der Waals surface area contributed by atoms with Crippen LogP contribution in [0.25, 0.3) is 0 Å². The maximum Gasteiger partial charge on any atom is 0.435 e. The Hall–Kier alpha value is -1.68. The van der Waals surface area contributed by atoms with Crippen molar-refractivity contribution in [2.24, 2.45) is 5.41 Å². The van der Waals surface area contributed by atoms with Gasteiger partial charge >= 0.3 is 12.3 Å². The van der Waals surface area contributed by atoms with Gasteiger partial charge in [0, 0.05) is 12.3 Å². The third-order valence-electron chi connectivity index (χ3n) is 4.92. The summed E-state index contributed by atoms with van der Waals surface area (Å²) in [5.41, 5.74) is -7.79. The van der Waals surface area contributed by atoms with Crippen LogP contribution in [0.5, 0.6) is 5.88 Å². The lowest BCUT2D eigenvalue weighted by atomic mass is 9.52. The van der Waals surface area contributed by atoms with Crippen molar-refractivity contribution >= 4 is 21.8 Å². The molecule has 2 unspecified atom stereocenters. The van der Waals surface area contributed by atoms with Gasteiger partial charge in [-0.05, 0) is 33.6 Å². The average Bonchev–Trinajstić information content (AvgIpc) is 3.17. The molecular weight excluding hydrogens is 367 g/mol. The van der Waals surface area contributed by atoms with Gasteiger partial charge in [-0.15, -0.1) is 5.10 Å². The van der Waals surface area contributed by atoms with Crippen LogP contribution < -0.4 is 4.74 Å². The summed E-state index contributed by atoms with van der Waals surface area (Å²) < 4.78 is 51.2. The number of aliphatic hydroxyl groups is 2. The number of alkyl halides is 3. The summed E-state index contributed by atoms with van der Waals surface area (Å²) in [6.07, 6.45) is -4.70. The second kappa shape index (κ2) is 6.44. The lowest BCUT2D eigenvalue weighted by Crippen LogP contribution is -2.66. The zero-order valence-corrected chi connectivity index (χ0v) is 15.9. The standard InChI is InChI=1S/C15H23B2F3N2O5/c1-11(2,3)27-10(23)22-7-4-9(21-22)26-8-13(16,24)14(17,25)12(5-6-12)15(18,19)20/h4,7,24-25H,5-6,8,16-17H2,1-3H3. The van der Waals surface area contributed by atoms with Gasteiger partial charge in [-0.3, -0.25) is 0 Å². The van der Waals surface area contributed by atoms with Crippen molar-refractivity contribution in [2.45, 2.75) is 56.4 Å². The summed E-state index contributed by atoms with van der Waals surface area (Å²) in [6, 6.07) is 1.30. The number of nitrogens with zero attached hydrogens (tertiary/aromatic N) is 2. The molecule has 1 aromatic rings. The quantitative estimate of drug-likeness (QED) is 0.690. The highest BCUT2D eigenvalue weighted by molar-refractivity contribution is 6.26. The molecule has 150 valence electrons. The third-order valence-corrected chi connectivity index (χ3v) is 4.92. The SMILES string of the molecule is BC(O)(COc1ccn(C(=O)OC(C)(C)C)n1)C(B)(O)C1(C(F)(F)F)CC1. The van der Waals surface area contributed by atoms with Crippen LogP contribution in [-0.4, -0.2) is 71.2 Å². The van der Waals surface area contributed by atoms with Crippen LogP contribution in [0.4, 0.5) is 18.0 Å². The molecule has 2 N–H and O–H groups in total. The summed E-state index contributed by atoms with van der Waals surface area (Å²) in [4.78, 5) is 11.9. The molecule has 0 spiro atoms. The lowest BCUT2D eigenvalue weighted by molar-refractivity contribution is -0.248. The molecule has 2 rings (SSSR count). The Balaban J connectivity index is 2.07. The molecule has 1 aromatic heterocycles. The van der Waals surface area contributed by atoms with E-state index in [4.69, 9.17) is 9.47 Å². The number of aromatic nitrogens is 2. The minimum atomic E-state index is -4.65. The fraction of sp³-hybridized carbons (Fsp3) is 0.733. The zero-order valence-electron chi connectivity index (χ0n) is 15.9. The van der Waals surface area contributed by atoms with Gasteiger partial charge in [-0.2, -0.15) is 17.9 Å². The van der Waals surface area contributed by atoms with Gasteiger partial charge in [-0.1, -0.05) is 0 Å². The van der Waals surface area contributed by atoms with Gasteiger partial charge in [0.1, 0.15) is 27.9 Å². The molecule has 0 radical (unpaired) electrons. The maximum atomic E-state index is 13.3. The minimum absolute atomic E-state index is 0.103. The molecule has 1 saturated carbocycles. The molecule has 0 amide bonds. The van der Waals surface area contributed by atoms with E-state index in [9.17, 15) is 28.2 Å². The van der Waals surface area contributed by atoms with Gasteiger partial charge in [0.15, 0.2) is 0 Å². The van der Waals surface area contributed by atoms with Gasteiger partial charge in [0.05, 0.1) is 16.4 Å². The van der Waals surface area contributed by atoms with E-state index in [2.05, 4.69) is 5.10 Å². The topological polar surface area (TPSA) is 93.8 Å². The zero-order chi connectivity index (χ0) is 20.9. The molecule has 27 heavy (non-hydrogen) atoms. The van der Waals surface area contributed by atoms with E-state index in [1.807, 2.05) is 0 Å². The average molecular weight is 390 g/mol. The molecule has 1 fully saturated rings. The van der Waals surface area contributed by atoms with Crippen molar-refractivity contribution in [3.8, 4) is 5.88 Å². The monoisotopic (exact) mass is 390 g/mol. The lowest BCUT2D eigenvalue weighted by Gasteiger charge is -2.45. The smallest absolute Gasteiger partial charge is 0.435 e. The minimum Gasteiger partial charge on any atom is -0.474 e. The largest absolute Gasteiger partial charge is 0.474 e. The van der Waals surface area contributed by atoms with E-state index in [1.165, 1.54) is 12.3 Å². The molecule has 0 aliphatic heterocycles. The normalized spacial score (nSPS) is 21.0. The first-order valence-corrected chi connectivity index (χ1v) is 8.46. The van der Waals surface area contributed by atoms with Crippen molar-refractivity contribution in [1.82, 2.24) is 9.78 Å². The number of hydrogen-bond acceptors (Lipinski definition) is 6. The molecule has 2 atom stereocenters. The van der Waals surface area contributed by atoms with Gasteiger partial charge < -0.3 is 19.7 Å². The number of hydrogen-bond donors (Lipinski definition) is 2. The Bertz CT molecular complexity index is 709. The Labute approximate surface area is 156 Å². The number of carbonyl (C=O) groups excluding carboxylic acids is 1. The predicted molar refractivity (Wildman–Crippen MR) is 94.1 cm³/mol. The van der Waals surface area contributed by atoms with Crippen LogP contribution in [0.1, 0.15) is 33.6 Å². The molecular formula is C15H23B2F3N2O5.